The lowest BCUT2D eigenvalue weighted by Crippen LogP contribution is -2.37. The fourth-order valence-corrected chi connectivity index (χ4v) is 1.35. The minimum Gasteiger partial charge on any atom is -0.491 e. The summed E-state index contributed by atoms with van der Waals surface area (Å²) in [5, 5.41) is 11.6. The first-order chi connectivity index (χ1) is 9.27. The molecule has 1 rings (SSSR count). The van der Waals surface area contributed by atoms with Crippen molar-refractivity contribution in [3.05, 3.63) is 24.3 Å². The lowest BCUT2D eigenvalue weighted by molar-refractivity contribution is -0.151. The predicted molar refractivity (Wildman–Crippen MR) is 76.9 cm³/mol. The van der Waals surface area contributed by atoms with Gasteiger partial charge in [0.05, 0.1) is 6.10 Å². The minimum absolute atomic E-state index is 0.0800. The van der Waals surface area contributed by atoms with E-state index in [-0.39, 0.29) is 6.10 Å². The molecule has 5 nitrogen and oxygen atoms in total. The van der Waals surface area contributed by atoms with E-state index in [4.69, 9.17) is 9.84 Å². The van der Waals surface area contributed by atoms with Crippen molar-refractivity contribution in [2.45, 2.75) is 40.2 Å². The maximum absolute atomic E-state index is 11.9. The topological polar surface area (TPSA) is 75.6 Å². The van der Waals surface area contributed by atoms with Crippen molar-refractivity contribution in [2.24, 2.45) is 5.41 Å². The Morgan fingerprint density at radius 1 is 1.40 bits per heavy atom. The summed E-state index contributed by atoms with van der Waals surface area (Å²) in [7, 11) is 0. The van der Waals surface area contributed by atoms with Gasteiger partial charge in [0.2, 0.25) is 5.91 Å². The van der Waals surface area contributed by atoms with E-state index in [0.717, 1.165) is 6.42 Å². The second-order valence-electron chi connectivity index (χ2n) is 5.25. The maximum Gasteiger partial charge on any atom is 0.318 e. The molecule has 0 aromatic heterocycles. The Hall–Kier alpha value is -2.04. The van der Waals surface area contributed by atoms with E-state index in [1.54, 1.807) is 24.3 Å². The zero-order valence-electron chi connectivity index (χ0n) is 12.3. The molecule has 5 heteroatoms. The van der Waals surface area contributed by atoms with Gasteiger partial charge in [0.25, 0.3) is 0 Å². The van der Waals surface area contributed by atoms with Crippen molar-refractivity contribution in [2.75, 3.05) is 5.32 Å². The van der Waals surface area contributed by atoms with Crippen LogP contribution in [0.25, 0.3) is 0 Å². The number of carboxylic acid groups (broad SMARTS) is 1. The van der Waals surface area contributed by atoms with Gasteiger partial charge in [0.15, 0.2) is 0 Å². The maximum atomic E-state index is 11.9. The van der Waals surface area contributed by atoms with Crippen LogP contribution in [0.3, 0.4) is 0 Å². The summed E-state index contributed by atoms with van der Waals surface area (Å²) >= 11 is 0. The summed E-state index contributed by atoms with van der Waals surface area (Å²) < 4.78 is 5.65. The van der Waals surface area contributed by atoms with Crippen LogP contribution in [0, 0.1) is 5.41 Å². The molecule has 0 aliphatic carbocycles. The van der Waals surface area contributed by atoms with Crippen LogP contribution in [-0.2, 0) is 9.59 Å². The molecule has 0 aliphatic heterocycles. The number of carboxylic acids is 1. The molecule has 0 saturated heterocycles. The summed E-state index contributed by atoms with van der Waals surface area (Å²) in [6, 6.07) is 6.92. The molecular formula is C15H21NO4. The van der Waals surface area contributed by atoms with Crippen molar-refractivity contribution in [3.8, 4) is 5.75 Å². The molecule has 1 amide bonds. The number of rotatable bonds is 6. The Morgan fingerprint density at radius 2 is 2.05 bits per heavy atom. The van der Waals surface area contributed by atoms with E-state index in [1.807, 2.05) is 13.8 Å². The normalized spacial score (nSPS) is 12.6. The van der Waals surface area contributed by atoms with Crippen molar-refractivity contribution in [1.82, 2.24) is 0 Å². The van der Waals surface area contributed by atoms with E-state index >= 15 is 0 Å². The van der Waals surface area contributed by atoms with Gasteiger partial charge in [0, 0.05) is 11.8 Å². The van der Waals surface area contributed by atoms with Crippen LogP contribution in [0.15, 0.2) is 24.3 Å². The van der Waals surface area contributed by atoms with Gasteiger partial charge in [-0.2, -0.15) is 0 Å². The number of hydrogen-bond acceptors (Lipinski definition) is 3. The van der Waals surface area contributed by atoms with Crippen LogP contribution < -0.4 is 10.1 Å². The van der Waals surface area contributed by atoms with Gasteiger partial charge in [0.1, 0.15) is 11.2 Å². The molecule has 1 aromatic rings. The summed E-state index contributed by atoms with van der Waals surface area (Å²) in [6.45, 7) is 6.71. The number of benzene rings is 1. The molecule has 0 fully saturated rings. The van der Waals surface area contributed by atoms with Crippen LogP contribution in [0.1, 0.15) is 34.1 Å². The molecule has 0 bridgehead atoms. The van der Waals surface area contributed by atoms with Crippen LogP contribution in [0.5, 0.6) is 5.75 Å². The molecule has 1 aromatic carbocycles. The van der Waals surface area contributed by atoms with E-state index in [9.17, 15) is 9.59 Å². The molecular weight excluding hydrogens is 258 g/mol. The third-order valence-corrected chi connectivity index (χ3v) is 3.11. The number of aliphatic carboxylic acids is 1. The third kappa shape index (κ3) is 3.98. The van der Waals surface area contributed by atoms with E-state index in [1.165, 1.54) is 13.8 Å². The second kappa shape index (κ2) is 6.41. The number of nitrogens with one attached hydrogen (secondary N) is 1. The highest BCUT2D eigenvalue weighted by Gasteiger charge is 2.36. The van der Waals surface area contributed by atoms with Crippen LogP contribution in [0.4, 0.5) is 5.69 Å². The molecule has 0 heterocycles. The fourth-order valence-electron chi connectivity index (χ4n) is 1.35. The Kier molecular flexibility index (Phi) is 5.13. The standard InChI is InChI=1S/C15H21NO4/c1-5-10(2)20-12-8-6-7-11(9-12)16-13(17)15(3,4)14(18)19/h6-10H,5H2,1-4H3,(H,16,17)(H,18,19). The Balaban J connectivity index is 2.81. The van der Waals surface area contributed by atoms with Crippen molar-refractivity contribution in [1.29, 1.82) is 0 Å². The lowest BCUT2D eigenvalue weighted by Gasteiger charge is -2.19. The average Bonchev–Trinajstić information content (AvgIpc) is 2.38. The zero-order valence-corrected chi connectivity index (χ0v) is 12.3. The molecule has 2 N–H and O–H groups in total. The summed E-state index contributed by atoms with van der Waals surface area (Å²) in [5.41, 5.74) is -0.960. The second-order valence-corrected chi connectivity index (χ2v) is 5.25. The number of ether oxygens (including phenoxy) is 1. The van der Waals surface area contributed by atoms with Gasteiger partial charge in [-0.1, -0.05) is 13.0 Å². The number of carbonyl (C=O) groups is 2. The quantitative estimate of drug-likeness (QED) is 0.785. The molecule has 20 heavy (non-hydrogen) atoms. The van der Waals surface area contributed by atoms with Crippen LogP contribution in [-0.4, -0.2) is 23.1 Å². The fraction of sp³-hybridized carbons (Fsp3) is 0.467. The number of hydrogen-bond donors (Lipinski definition) is 2. The largest absolute Gasteiger partial charge is 0.491 e. The first-order valence-electron chi connectivity index (χ1n) is 6.59. The Bertz CT molecular complexity index is 496. The van der Waals surface area contributed by atoms with Crippen LogP contribution >= 0.6 is 0 Å². The number of amides is 1. The van der Waals surface area contributed by atoms with Crippen molar-refractivity contribution >= 4 is 17.6 Å². The molecule has 0 aliphatic rings. The van der Waals surface area contributed by atoms with Gasteiger partial charge in [-0.3, -0.25) is 9.59 Å². The van der Waals surface area contributed by atoms with Gasteiger partial charge in [-0.15, -0.1) is 0 Å². The Morgan fingerprint density at radius 3 is 2.60 bits per heavy atom. The third-order valence-electron chi connectivity index (χ3n) is 3.11. The molecule has 0 saturated carbocycles. The first-order valence-corrected chi connectivity index (χ1v) is 6.59. The molecule has 0 radical (unpaired) electrons. The smallest absolute Gasteiger partial charge is 0.318 e. The van der Waals surface area contributed by atoms with Gasteiger partial charge >= 0.3 is 5.97 Å². The highest BCUT2D eigenvalue weighted by Crippen LogP contribution is 2.22. The summed E-state index contributed by atoms with van der Waals surface area (Å²) in [6.07, 6.45) is 0.958. The lowest BCUT2D eigenvalue weighted by atomic mass is 9.92. The molecule has 110 valence electrons. The van der Waals surface area contributed by atoms with Crippen molar-refractivity contribution < 1.29 is 19.4 Å². The number of anilines is 1. The zero-order chi connectivity index (χ0) is 15.3. The average molecular weight is 279 g/mol. The van der Waals surface area contributed by atoms with E-state index in [2.05, 4.69) is 5.32 Å². The first kappa shape index (κ1) is 16.0. The highest BCUT2D eigenvalue weighted by molar-refractivity contribution is 6.07. The molecule has 0 spiro atoms. The van der Waals surface area contributed by atoms with Gasteiger partial charge in [-0.25, -0.2) is 0 Å². The van der Waals surface area contributed by atoms with Crippen molar-refractivity contribution in [3.63, 3.8) is 0 Å². The van der Waals surface area contributed by atoms with Gasteiger partial charge < -0.3 is 15.2 Å². The predicted octanol–water partition coefficient (Wildman–Crippen LogP) is 2.91. The van der Waals surface area contributed by atoms with Gasteiger partial charge in [-0.05, 0) is 39.3 Å². The molecule has 1 unspecified atom stereocenters. The SMILES string of the molecule is CCC(C)Oc1cccc(NC(=O)C(C)(C)C(=O)O)c1. The van der Waals surface area contributed by atoms with E-state index in [0.29, 0.717) is 11.4 Å². The highest BCUT2D eigenvalue weighted by atomic mass is 16.5. The minimum atomic E-state index is -1.48. The monoisotopic (exact) mass is 279 g/mol. The number of carbonyl (C=O) groups excluding carboxylic acids is 1. The Labute approximate surface area is 118 Å². The van der Waals surface area contributed by atoms with Crippen LogP contribution in [0.2, 0.25) is 0 Å². The summed E-state index contributed by atoms with van der Waals surface area (Å²) in [4.78, 5) is 23.0. The summed E-state index contributed by atoms with van der Waals surface area (Å²) in [5.74, 6) is -1.09. The molecule has 1 atom stereocenters. The van der Waals surface area contributed by atoms with E-state index < -0.39 is 17.3 Å².